The number of halogens is 4. The monoisotopic (exact) mass is 436 g/mol. The maximum absolute atomic E-state index is 13.0. The highest BCUT2D eigenvalue weighted by Crippen LogP contribution is 2.36. The van der Waals surface area contributed by atoms with Gasteiger partial charge >= 0.3 is 6.18 Å². The van der Waals surface area contributed by atoms with Crippen LogP contribution >= 0.6 is 11.6 Å². The fourth-order valence-electron chi connectivity index (χ4n) is 2.96. The summed E-state index contributed by atoms with van der Waals surface area (Å²) in [5, 5.41) is 1.86. The van der Waals surface area contributed by atoms with Gasteiger partial charge in [-0.3, -0.25) is 4.79 Å². The number of carbonyl (C=O) groups excluding carboxylic acids is 1. The van der Waals surface area contributed by atoms with Gasteiger partial charge in [0.25, 0.3) is 10.0 Å². The number of benzene rings is 1. The van der Waals surface area contributed by atoms with E-state index in [4.69, 9.17) is 11.6 Å². The van der Waals surface area contributed by atoms with E-state index in [0.29, 0.717) is 12.8 Å². The van der Waals surface area contributed by atoms with E-state index in [1.807, 2.05) is 0 Å². The molecule has 1 aromatic carbocycles. The van der Waals surface area contributed by atoms with E-state index < -0.39 is 38.6 Å². The number of nitrogens with one attached hydrogen (secondary N) is 2. The van der Waals surface area contributed by atoms with Gasteiger partial charge in [0.15, 0.2) is 5.03 Å². The minimum absolute atomic E-state index is 0.0599. The lowest BCUT2D eigenvalue weighted by atomic mass is 9.98. The molecule has 2 aromatic rings. The van der Waals surface area contributed by atoms with Gasteiger partial charge in [0.05, 0.1) is 29.0 Å². The maximum Gasteiger partial charge on any atom is 0.417 e. The summed E-state index contributed by atoms with van der Waals surface area (Å²) in [6, 6.07) is 3.06. The quantitative estimate of drug-likeness (QED) is 0.769. The molecule has 28 heavy (non-hydrogen) atoms. The van der Waals surface area contributed by atoms with Crippen LogP contribution < -0.4 is 5.32 Å². The summed E-state index contributed by atoms with van der Waals surface area (Å²) < 4.78 is 65.1. The van der Waals surface area contributed by atoms with Gasteiger partial charge < -0.3 is 10.3 Å². The average molecular weight is 437 g/mol. The van der Waals surface area contributed by atoms with Crippen molar-refractivity contribution in [3.8, 4) is 0 Å². The molecule has 1 aromatic heterocycles. The third kappa shape index (κ3) is 4.31. The number of hydrogen-bond donors (Lipinski definition) is 2. The highest BCUT2D eigenvalue weighted by atomic mass is 35.5. The molecule has 0 saturated carbocycles. The van der Waals surface area contributed by atoms with Crippen LogP contribution in [-0.4, -0.2) is 41.7 Å². The minimum Gasteiger partial charge on any atom is -0.335 e. The second-order valence-corrected chi connectivity index (χ2v) is 8.61. The topological polar surface area (TPSA) is 95.2 Å². The number of rotatable bonds is 4. The van der Waals surface area contributed by atoms with Crippen LogP contribution in [0.2, 0.25) is 5.02 Å². The van der Waals surface area contributed by atoms with Crippen molar-refractivity contribution in [1.82, 2.24) is 14.3 Å². The Labute approximate surface area is 163 Å². The number of imidazole rings is 1. The van der Waals surface area contributed by atoms with Crippen molar-refractivity contribution in [2.75, 3.05) is 18.4 Å². The fourth-order valence-corrected chi connectivity index (χ4v) is 4.61. The van der Waals surface area contributed by atoms with Crippen LogP contribution in [0.5, 0.6) is 0 Å². The number of H-pyrrole nitrogens is 1. The molecular formula is C16H16ClF3N4O3S. The SMILES string of the molecule is O=C(Nc1ccc(Cl)c(C(F)(F)F)c1)[C@@H]1CCCN(S(=O)(=O)c2cnc[nH]2)C1. The lowest BCUT2D eigenvalue weighted by Crippen LogP contribution is -2.43. The molecule has 1 aliphatic rings. The Morgan fingerprint density at radius 1 is 1.36 bits per heavy atom. The Balaban J connectivity index is 1.73. The molecule has 3 rings (SSSR count). The first-order chi connectivity index (χ1) is 13.1. The van der Waals surface area contributed by atoms with Crippen LogP contribution in [0, 0.1) is 5.92 Å². The molecule has 7 nitrogen and oxygen atoms in total. The molecule has 0 spiro atoms. The Morgan fingerprint density at radius 2 is 2.11 bits per heavy atom. The van der Waals surface area contributed by atoms with E-state index >= 15 is 0 Å². The summed E-state index contributed by atoms with van der Waals surface area (Å²) in [6.07, 6.45) is -1.39. The van der Waals surface area contributed by atoms with E-state index in [0.717, 1.165) is 16.4 Å². The molecule has 2 heterocycles. The van der Waals surface area contributed by atoms with E-state index in [1.165, 1.54) is 18.6 Å². The molecular weight excluding hydrogens is 421 g/mol. The third-order valence-electron chi connectivity index (χ3n) is 4.39. The molecule has 152 valence electrons. The predicted molar refractivity (Wildman–Crippen MR) is 95.2 cm³/mol. The second kappa shape index (κ2) is 7.72. The van der Waals surface area contributed by atoms with Crippen LogP contribution in [0.25, 0.3) is 0 Å². The zero-order valence-corrected chi connectivity index (χ0v) is 15.9. The van der Waals surface area contributed by atoms with Gasteiger partial charge in [-0.05, 0) is 31.0 Å². The number of sulfonamides is 1. The van der Waals surface area contributed by atoms with Crippen molar-refractivity contribution in [2.24, 2.45) is 5.92 Å². The molecule has 0 aliphatic carbocycles. The largest absolute Gasteiger partial charge is 0.417 e. The van der Waals surface area contributed by atoms with Gasteiger partial charge in [-0.2, -0.15) is 17.5 Å². The molecule has 0 radical (unpaired) electrons. The maximum atomic E-state index is 13.0. The minimum atomic E-state index is -4.66. The number of amides is 1. The molecule has 1 aliphatic heterocycles. The van der Waals surface area contributed by atoms with E-state index in [2.05, 4.69) is 15.3 Å². The second-order valence-electron chi connectivity index (χ2n) is 6.30. The number of carbonyl (C=O) groups is 1. The summed E-state index contributed by atoms with van der Waals surface area (Å²) in [7, 11) is -3.82. The number of hydrogen-bond acceptors (Lipinski definition) is 4. The van der Waals surface area contributed by atoms with Crippen LogP contribution in [0.3, 0.4) is 0 Å². The van der Waals surface area contributed by atoms with E-state index in [9.17, 15) is 26.4 Å². The molecule has 0 bridgehead atoms. The van der Waals surface area contributed by atoms with Crippen molar-refractivity contribution in [1.29, 1.82) is 0 Å². The summed E-state index contributed by atoms with van der Waals surface area (Å²) in [5.74, 6) is -1.25. The lowest BCUT2D eigenvalue weighted by molar-refractivity contribution is -0.137. The first-order valence-electron chi connectivity index (χ1n) is 8.25. The number of aromatic amines is 1. The van der Waals surface area contributed by atoms with Gasteiger partial charge in [-0.15, -0.1) is 0 Å². The molecule has 1 atom stereocenters. The van der Waals surface area contributed by atoms with Crippen molar-refractivity contribution in [3.05, 3.63) is 41.3 Å². The standard InChI is InChI=1S/C16H16ClF3N4O3S/c17-13-4-3-11(6-12(13)16(18,19)20)23-15(25)10-2-1-5-24(8-10)28(26,27)14-7-21-9-22-14/h3-4,6-7,9-10H,1-2,5,8H2,(H,21,22)(H,23,25)/t10-/m1/s1. The molecule has 12 heteroatoms. The van der Waals surface area contributed by atoms with E-state index in [-0.39, 0.29) is 23.8 Å². The first-order valence-corrected chi connectivity index (χ1v) is 10.1. The van der Waals surface area contributed by atoms with Crippen LogP contribution in [0.15, 0.2) is 35.7 Å². The van der Waals surface area contributed by atoms with Crippen LogP contribution in [-0.2, 0) is 21.0 Å². The van der Waals surface area contributed by atoms with Gasteiger partial charge in [0.1, 0.15) is 0 Å². The Kier molecular flexibility index (Phi) is 5.69. The van der Waals surface area contributed by atoms with Gasteiger partial charge in [-0.1, -0.05) is 11.6 Å². The highest BCUT2D eigenvalue weighted by molar-refractivity contribution is 7.89. The first kappa shape index (κ1) is 20.6. The van der Waals surface area contributed by atoms with Crippen molar-refractivity contribution < 1.29 is 26.4 Å². The van der Waals surface area contributed by atoms with Crippen molar-refractivity contribution in [3.63, 3.8) is 0 Å². The highest BCUT2D eigenvalue weighted by Gasteiger charge is 2.35. The predicted octanol–water partition coefficient (Wildman–Crippen LogP) is 3.12. The number of alkyl halides is 3. The number of aromatic nitrogens is 2. The number of nitrogens with zero attached hydrogens (tertiary/aromatic N) is 2. The van der Waals surface area contributed by atoms with Crippen LogP contribution in [0.1, 0.15) is 18.4 Å². The van der Waals surface area contributed by atoms with Crippen molar-refractivity contribution >= 4 is 33.2 Å². The molecule has 0 unspecified atom stereocenters. The third-order valence-corrected chi connectivity index (χ3v) is 6.51. The lowest BCUT2D eigenvalue weighted by Gasteiger charge is -2.30. The summed E-state index contributed by atoms with van der Waals surface area (Å²) in [5.41, 5.74) is -1.12. The number of piperidine rings is 1. The fraction of sp³-hybridized carbons (Fsp3) is 0.375. The Morgan fingerprint density at radius 3 is 2.75 bits per heavy atom. The Hall–Kier alpha value is -2.11. The average Bonchev–Trinajstić information content (AvgIpc) is 3.18. The summed E-state index contributed by atoms with van der Waals surface area (Å²) in [6.45, 7) is 0.164. The van der Waals surface area contributed by atoms with Crippen molar-refractivity contribution in [2.45, 2.75) is 24.0 Å². The normalized spacial score (nSPS) is 18.8. The van der Waals surface area contributed by atoms with Gasteiger partial charge in [-0.25, -0.2) is 13.4 Å². The molecule has 1 saturated heterocycles. The van der Waals surface area contributed by atoms with Gasteiger partial charge in [0, 0.05) is 18.8 Å². The zero-order chi connectivity index (χ0) is 20.5. The Bertz CT molecular complexity index is 964. The summed E-state index contributed by atoms with van der Waals surface area (Å²) in [4.78, 5) is 18.7. The van der Waals surface area contributed by atoms with Gasteiger partial charge in [0.2, 0.25) is 5.91 Å². The molecule has 1 amide bonds. The molecule has 1 fully saturated rings. The molecule has 2 N–H and O–H groups in total. The van der Waals surface area contributed by atoms with Crippen LogP contribution in [0.4, 0.5) is 18.9 Å². The zero-order valence-electron chi connectivity index (χ0n) is 14.3. The smallest absolute Gasteiger partial charge is 0.335 e. The summed E-state index contributed by atoms with van der Waals surface area (Å²) >= 11 is 5.57. The van der Waals surface area contributed by atoms with E-state index in [1.54, 1.807) is 0 Å². The number of anilines is 1.